The molecular formula is C16H22N2OS. The second-order valence-corrected chi connectivity index (χ2v) is 6.74. The summed E-state index contributed by atoms with van der Waals surface area (Å²) in [6.07, 6.45) is 2.11. The first-order valence-electron chi connectivity index (χ1n) is 7.07. The van der Waals surface area contributed by atoms with Crippen LogP contribution in [-0.4, -0.2) is 11.9 Å². The van der Waals surface area contributed by atoms with Crippen LogP contribution in [0.3, 0.4) is 0 Å². The number of nitrogens with one attached hydrogen (secondary N) is 1. The summed E-state index contributed by atoms with van der Waals surface area (Å²) in [6.45, 7) is 6.43. The summed E-state index contributed by atoms with van der Waals surface area (Å²) in [5.74, 6) is 0.601. The van der Waals surface area contributed by atoms with Crippen LogP contribution in [0.1, 0.15) is 43.3 Å². The van der Waals surface area contributed by atoms with Crippen LogP contribution in [-0.2, 0) is 0 Å². The summed E-state index contributed by atoms with van der Waals surface area (Å²) in [6, 6.07) is 8.04. The van der Waals surface area contributed by atoms with Gasteiger partial charge in [0.05, 0.1) is 5.69 Å². The minimum Gasteiger partial charge on any atom is -0.397 e. The lowest BCUT2D eigenvalue weighted by atomic mass is 10.0. The Morgan fingerprint density at radius 1 is 1.25 bits per heavy atom. The van der Waals surface area contributed by atoms with Crippen molar-refractivity contribution in [3.05, 3.63) is 29.1 Å². The summed E-state index contributed by atoms with van der Waals surface area (Å²) < 4.78 is 1.06. The van der Waals surface area contributed by atoms with Gasteiger partial charge in [0.1, 0.15) is 4.88 Å². The lowest BCUT2D eigenvalue weighted by Crippen LogP contribution is -2.32. The Balaban J connectivity index is 2.09. The van der Waals surface area contributed by atoms with Crippen molar-refractivity contribution < 1.29 is 4.79 Å². The van der Waals surface area contributed by atoms with Gasteiger partial charge >= 0.3 is 0 Å². The van der Waals surface area contributed by atoms with Gasteiger partial charge in [-0.25, -0.2) is 0 Å². The minimum atomic E-state index is -0.0556. The van der Waals surface area contributed by atoms with Crippen molar-refractivity contribution in [2.45, 2.75) is 39.7 Å². The van der Waals surface area contributed by atoms with Gasteiger partial charge in [0.2, 0.25) is 0 Å². The van der Waals surface area contributed by atoms with Crippen LogP contribution < -0.4 is 11.1 Å². The van der Waals surface area contributed by atoms with Gasteiger partial charge in [-0.15, -0.1) is 11.3 Å². The molecule has 0 fully saturated rings. The van der Waals surface area contributed by atoms with Crippen LogP contribution in [0.5, 0.6) is 0 Å². The van der Waals surface area contributed by atoms with E-state index in [1.165, 1.54) is 11.3 Å². The summed E-state index contributed by atoms with van der Waals surface area (Å²) in [5.41, 5.74) is 6.68. The molecule has 1 heterocycles. The maximum Gasteiger partial charge on any atom is 0.263 e. The van der Waals surface area contributed by atoms with E-state index in [9.17, 15) is 4.79 Å². The average Bonchev–Trinajstić information content (AvgIpc) is 2.74. The zero-order valence-electron chi connectivity index (χ0n) is 12.3. The predicted molar refractivity (Wildman–Crippen MR) is 87.2 cm³/mol. The molecule has 0 aliphatic carbocycles. The first-order chi connectivity index (χ1) is 9.49. The zero-order valence-corrected chi connectivity index (χ0v) is 13.1. The average molecular weight is 290 g/mol. The Morgan fingerprint density at radius 2 is 1.95 bits per heavy atom. The molecule has 0 aliphatic heterocycles. The van der Waals surface area contributed by atoms with Crippen LogP contribution in [0, 0.1) is 5.92 Å². The van der Waals surface area contributed by atoms with Crippen molar-refractivity contribution in [3.63, 3.8) is 0 Å². The largest absolute Gasteiger partial charge is 0.397 e. The highest BCUT2D eigenvalue weighted by Gasteiger charge is 2.17. The van der Waals surface area contributed by atoms with E-state index in [2.05, 4.69) is 19.2 Å². The molecule has 4 heteroatoms. The number of anilines is 1. The number of rotatable bonds is 5. The molecule has 1 atom stereocenters. The summed E-state index contributed by atoms with van der Waals surface area (Å²) in [4.78, 5) is 12.9. The smallest absolute Gasteiger partial charge is 0.263 e. The molecule has 20 heavy (non-hydrogen) atoms. The van der Waals surface area contributed by atoms with Gasteiger partial charge in [-0.2, -0.15) is 0 Å². The van der Waals surface area contributed by atoms with Crippen LogP contribution >= 0.6 is 11.3 Å². The molecule has 0 spiro atoms. The number of carbonyl (C=O) groups excluding carboxylic acids is 1. The van der Waals surface area contributed by atoms with E-state index in [0.717, 1.165) is 22.9 Å². The number of thiophene rings is 1. The first kappa shape index (κ1) is 14.9. The van der Waals surface area contributed by atoms with Gasteiger partial charge in [-0.05, 0) is 31.7 Å². The molecule has 1 unspecified atom stereocenters. The monoisotopic (exact) mass is 290 g/mol. The molecule has 1 amide bonds. The molecule has 3 N–H and O–H groups in total. The third kappa shape index (κ3) is 3.31. The Labute approximate surface area is 124 Å². The Bertz CT molecular complexity index is 604. The molecule has 2 aromatic rings. The second-order valence-electron chi connectivity index (χ2n) is 5.69. The molecule has 1 aromatic carbocycles. The highest BCUT2D eigenvalue weighted by molar-refractivity contribution is 7.21. The van der Waals surface area contributed by atoms with Gasteiger partial charge in [-0.3, -0.25) is 4.79 Å². The zero-order chi connectivity index (χ0) is 14.7. The Morgan fingerprint density at radius 3 is 2.60 bits per heavy atom. The van der Waals surface area contributed by atoms with Gasteiger partial charge < -0.3 is 11.1 Å². The van der Waals surface area contributed by atoms with E-state index < -0.39 is 0 Å². The van der Waals surface area contributed by atoms with E-state index in [0.29, 0.717) is 16.5 Å². The normalized spacial score (nSPS) is 12.8. The minimum absolute atomic E-state index is 0.0556. The van der Waals surface area contributed by atoms with Crippen molar-refractivity contribution in [1.29, 1.82) is 0 Å². The van der Waals surface area contributed by atoms with Crippen LogP contribution in [0.4, 0.5) is 5.69 Å². The lowest BCUT2D eigenvalue weighted by Gasteiger charge is -2.14. The number of amides is 1. The number of hydrogen-bond acceptors (Lipinski definition) is 3. The number of nitrogens with two attached hydrogens (primary N) is 1. The van der Waals surface area contributed by atoms with Gasteiger partial charge in [0.25, 0.3) is 5.91 Å². The lowest BCUT2D eigenvalue weighted by molar-refractivity contribution is 0.0942. The van der Waals surface area contributed by atoms with Crippen LogP contribution in [0.15, 0.2) is 24.3 Å². The molecule has 3 nitrogen and oxygen atoms in total. The van der Waals surface area contributed by atoms with Gasteiger partial charge in [0, 0.05) is 16.1 Å². The standard InChI is InChI=1S/C16H22N2OS/c1-10(2)8-9-11(3)18-16(19)15-14(17)12-6-4-5-7-13(12)20-15/h4-7,10-11H,8-9,17H2,1-3H3,(H,18,19). The molecule has 0 saturated heterocycles. The second kappa shape index (κ2) is 6.27. The maximum atomic E-state index is 12.3. The summed E-state index contributed by atoms with van der Waals surface area (Å²) >= 11 is 1.46. The maximum absolute atomic E-state index is 12.3. The Hall–Kier alpha value is -1.55. The first-order valence-corrected chi connectivity index (χ1v) is 7.88. The number of nitrogen functional groups attached to an aromatic ring is 1. The van der Waals surface area contributed by atoms with E-state index in [1.54, 1.807) is 0 Å². The third-order valence-electron chi connectivity index (χ3n) is 3.39. The molecule has 2 rings (SSSR count). The molecule has 0 saturated carbocycles. The van der Waals surface area contributed by atoms with E-state index in [1.807, 2.05) is 31.2 Å². The van der Waals surface area contributed by atoms with Crippen molar-refractivity contribution in [1.82, 2.24) is 5.32 Å². The van der Waals surface area contributed by atoms with E-state index >= 15 is 0 Å². The number of benzene rings is 1. The van der Waals surface area contributed by atoms with Crippen molar-refractivity contribution in [2.75, 3.05) is 5.73 Å². The van der Waals surface area contributed by atoms with Gasteiger partial charge in [0.15, 0.2) is 0 Å². The quantitative estimate of drug-likeness (QED) is 0.873. The van der Waals surface area contributed by atoms with E-state index in [4.69, 9.17) is 5.73 Å². The van der Waals surface area contributed by atoms with Gasteiger partial charge in [-0.1, -0.05) is 32.0 Å². The Kier molecular flexibility index (Phi) is 4.65. The predicted octanol–water partition coefficient (Wildman–Crippen LogP) is 4.04. The number of hydrogen-bond donors (Lipinski definition) is 2. The molecule has 0 bridgehead atoms. The highest BCUT2D eigenvalue weighted by Crippen LogP contribution is 2.33. The van der Waals surface area contributed by atoms with Crippen molar-refractivity contribution in [3.8, 4) is 0 Å². The van der Waals surface area contributed by atoms with Crippen LogP contribution in [0.2, 0.25) is 0 Å². The van der Waals surface area contributed by atoms with E-state index in [-0.39, 0.29) is 11.9 Å². The molecular weight excluding hydrogens is 268 g/mol. The van der Waals surface area contributed by atoms with Crippen molar-refractivity contribution in [2.24, 2.45) is 5.92 Å². The SMILES string of the molecule is CC(C)CCC(C)NC(=O)c1sc2ccccc2c1N. The number of fused-ring (bicyclic) bond motifs is 1. The fourth-order valence-electron chi connectivity index (χ4n) is 2.18. The molecule has 0 radical (unpaired) electrons. The fourth-order valence-corrected chi connectivity index (χ4v) is 3.20. The summed E-state index contributed by atoms with van der Waals surface area (Å²) in [7, 11) is 0. The highest BCUT2D eigenvalue weighted by atomic mass is 32.1. The topological polar surface area (TPSA) is 55.1 Å². The van der Waals surface area contributed by atoms with Crippen molar-refractivity contribution >= 4 is 33.0 Å². The third-order valence-corrected chi connectivity index (χ3v) is 4.58. The fraction of sp³-hybridized carbons (Fsp3) is 0.438. The molecule has 1 aromatic heterocycles. The molecule has 0 aliphatic rings. The number of carbonyl (C=O) groups is 1. The molecule has 108 valence electrons. The summed E-state index contributed by atoms with van der Waals surface area (Å²) in [5, 5.41) is 4.01. The van der Waals surface area contributed by atoms with Crippen LogP contribution in [0.25, 0.3) is 10.1 Å².